The molecule has 0 fully saturated rings. The summed E-state index contributed by atoms with van der Waals surface area (Å²) in [5, 5.41) is 18.0. The second-order valence-electron chi connectivity index (χ2n) is 5.22. The molecule has 0 amide bonds. The molecule has 0 atom stereocenters. The third-order valence-electron chi connectivity index (χ3n) is 2.74. The highest BCUT2D eigenvalue weighted by molar-refractivity contribution is 6.11. The van der Waals surface area contributed by atoms with E-state index in [9.17, 15) is 9.59 Å². The molecule has 0 radical (unpaired) electrons. The van der Waals surface area contributed by atoms with Crippen LogP contribution in [0.25, 0.3) is 0 Å². The number of ketones is 2. The van der Waals surface area contributed by atoms with Gasteiger partial charge in [0.1, 0.15) is 5.78 Å². The van der Waals surface area contributed by atoms with Crippen LogP contribution in [-0.2, 0) is 4.79 Å². The van der Waals surface area contributed by atoms with Gasteiger partial charge in [-0.25, -0.2) is 0 Å². The lowest BCUT2D eigenvalue weighted by atomic mass is 9.85. The predicted molar refractivity (Wildman–Crippen MR) is 69.3 cm³/mol. The number of nitriles is 2. The summed E-state index contributed by atoms with van der Waals surface area (Å²) in [6, 6.07) is 8.24. The van der Waals surface area contributed by atoms with Gasteiger partial charge in [0.25, 0.3) is 0 Å². The number of carbonyl (C=O) groups excluding carboxylic acids is 2. The molecule has 0 aliphatic heterocycles. The molecule has 0 aliphatic carbocycles. The van der Waals surface area contributed by atoms with Gasteiger partial charge in [0, 0.05) is 5.41 Å². The molecule has 96 valence electrons. The van der Waals surface area contributed by atoms with Crippen LogP contribution >= 0.6 is 0 Å². The third-order valence-corrected chi connectivity index (χ3v) is 2.74. The summed E-state index contributed by atoms with van der Waals surface area (Å²) in [6.07, 6.45) is -0.295. The Balaban J connectivity index is 3.18. The van der Waals surface area contributed by atoms with Crippen LogP contribution in [0.15, 0.2) is 18.2 Å². The van der Waals surface area contributed by atoms with Crippen molar-refractivity contribution in [2.45, 2.75) is 27.2 Å². The van der Waals surface area contributed by atoms with E-state index in [0.717, 1.165) is 0 Å². The monoisotopic (exact) mass is 254 g/mol. The van der Waals surface area contributed by atoms with Crippen molar-refractivity contribution in [2.24, 2.45) is 5.41 Å². The molecule has 4 heteroatoms. The van der Waals surface area contributed by atoms with Crippen LogP contribution in [-0.4, -0.2) is 11.6 Å². The minimum absolute atomic E-state index is 0.0464. The molecular weight excluding hydrogens is 240 g/mol. The van der Waals surface area contributed by atoms with E-state index in [1.807, 2.05) is 12.1 Å². The largest absolute Gasteiger partial charge is 0.299 e. The lowest BCUT2D eigenvalue weighted by molar-refractivity contribution is -0.125. The summed E-state index contributed by atoms with van der Waals surface area (Å²) in [4.78, 5) is 24.0. The molecule has 0 saturated carbocycles. The molecule has 4 nitrogen and oxygen atoms in total. The highest BCUT2D eigenvalue weighted by Crippen LogP contribution is 2.21. The highest BCUT2D eigenvalue weighted by atomic mass is 16.1. The van der Waals surface area contributed by atoms with E-state index in [1.54, 1.807) is 26.8 Å². The van der Waals surface area contributed by atoms with Crippen molar-refractivity contribution in [3.05, 3.63) is 34.9 Å². The maximum atomic E-state index is 12.1. The van der Waals surface area contributed by atoms with Crippen LogP contribution in [0.2, 0.25) is 0 Å². The van der Waals surface area contributed by atoms with Crippen molar-refractivity contribution in [3.63, 3.8) is 0 Å². The van der Waals surface area contributed by atoms with Crippen molar-refractivity contribution >= 4 is 11.6 Å². The predicted octanol–water partition coefficient (Wildman–Crippen LogP) is 2.62. The fourth-order valence-corrected chi connectivity index (χ4v) is 1.54. The van der Waals surface area contributed by atoms with Crippen LogP contribution in [0.5, 0.6) is 0 Å². The van der Waals surface area contributed by atoms with E-state index in [1.165, 1.54) is 12.1 Å². The zero-order valence-electron chi connectivity index (χ0n) is 11.2. The number of rotatable bonds is 3. The van der Waals surface area contributed by atoms with Crippen molar-refractivity contribution in [1.82, 2.24) is 0 Å². The van der Waals surface area contributed by atoms with Gasteiger partial charge in [0.05, 0.1) is 35.2 Å². The Kier molecular flexibility index (Phi) is 4.19. The number of benzene rings is 1. The molecule has 1 aromatic rings. The molecule has 0 bridgehead atoms. The van der Waals surface area contributed by atoms with Crippen LogP contribution in [0.1, 0.15) is 48.7 Å². The standard InChI is InChI=1S/C15H14N2O2/c1-15(2,3)13(19)7-12(18)14-10(8-16)5-4-6-11(14)9-17/h4-6H,7H2,1-3H3. The van der Waals surface area contributed by atoms with E-state index in [2.05, 4.69) is 0 Å². The van der Waals surface area contributed by atoms with Crippen LogP contribution in [0.3, 0.4) is 0 Å². The highest BCUT2D eigenvalue weighted by Gasteiger charge is 2.26. The van der Waals surface area contributed by atoms with Crippen LogP contribution in [0.4, 0.5) is 0 Å². The topological polar surface area (TPSA) is 81.7 Å². The maximum absolute atomic E-state index is 12.1. The lowest BCUT2D eigenvalue weighted by Crippen LogP contribution is -2.23. The first-order valence-corrected chi connectivity index (χ1v) is 5.81. The molecule has 19 heavy (non-hydrogen) atoms. The first kappa shape index (κ1) is 14.6. The molecule has 0 heterocycles. The first-order chi connectivity index (χ1) is 8.81. The van der Waals surface area contributed by atoms with Crippen molar-refractivity contribution in [2.75, 3.05) is 0 Å². The van der Waals surface area contributed by atoms with Gasteiger partial charge >= 0.3 is 0 Å². The van der Waals surface area contributed by atoms with Crippen molar-refractivity contribution < 1.29 is 9.59 Å². The second-order valence-corrected chi connectivity index (χ2v) is 5.22. The van der Waals surface area contributed by atoms with E-state index in [0.29, 0.717) is 0 Å². The Labute approximate surface area is 112 Å². The molecule has 0 aliphatic rings. The fraction of sp³-hybridized carbons (Fsp3) is 0.333. The Morgan fingerprint density at radius 3 is 1.95 bits per heavy atom. The minimum atomic E-state index is -0.621. The van der Waals surface area contributed by atoms with E-state index in [4.69, 9.17) is 10.5 Å². The number of Topliss-reactive ketones (excluding diaryl/α,β-unsaturated/α-hetero) is 2. The van der Waals surface area contributed by atoms with Crippen molar-refractivity contribution in [1.29, 1.82) is 10.5 Å². The van der Waals surface area contributed by atoms with Gasteiger partial charge in [-0.05, 0) is 12.1 Å². The first-order valence-electron chi connectivity index (χ1n) is 5.81. The fourth-order valence-electron chi connectivity index (χ4n) is 1.54. The number of hydrogen-bond donors (Lipinski definition) is 0. The lowest BCUT2D eigenvalue weighted by Gasteiger charge is -2.16. The Morgan fingerprint density at radius 1 is 1.11 bits per heavy atom. The molecule has 0 aromatic heterocycles. The number of carbonyl (C=O) groups is 2. The molecule has 0 saturated heterocycles. The molecule has 1 rings (SSSR count). The number of hydrogen-bond acceptors (Lipinski definition) is 4. The van der Waals surface area contributed by atoms with E-state index >= 15 is 0 Å². The van der Waals surface area contributed by atoms with E-state index in [-0.39, 0.29) is 28.9 Å². The average Bonchev–Trinajstić information content (AvgIpc) is 2.36. The molecular formula is C15H14N2O2. The Hall–Kier alpha value is -2.46. The summed E-state index contributed by atoms with van der Waals surface area (Å²) >= 11 is 0. The summed E-state index contributed by atoms with van der Waals surface area (Å²) < 4.78 is 0. The summed E-state index contributed by atoms with van der Waals surface area (Å²) in [5.74, 6) is -0.692. The molecule has 0 spiro atoms. The SMILES string of the molecule is CC(C)(C)C(=O)CC(=O)c1c(C#N)cccc1C#N. The number of nitrogens with zero attached hydrogens (tertiary/aromatic N) is 2. The van der Waals surface area contributed by atoms with Gasteiger partial charge in [-0.15, -0.1) is 0 Å². The average molecular weight is 254 g/mol. The van der Waals surface area contributed by atoms with Crippen LogP contribution in [0, 0.1) is 28.1 Å². The molecule has 1 aromatic carbocycles. The quantitative estimate of drug-likeness (QED) is 0.613. The normalized spacial score (nSPS) is 10.4. The minimum Gasteiger partial charge on any atom is -0.299 e. The summed E-state index contributed by atoms with van der Waals surface area (Å²) in [7, 11) is 0. The van der Waals surface area contributed by atoms with Gasteiger partial charge in [-0.2, -0.15) is 10.5 Å². The summed E-state index contributed by atoms with van der Waals surface area (Å²) in [6.45, 7) is 5.18. The molecule has 0 unspecified atom stereocenters. The zero-order valence-corrected chi connectivity index (χ0v) is 11.2. The summed E-state index contributed by atoms with van der Waals surface area (Å²) in [5.41, 5.74) is -0.314. The van der Waals surface area contributed by atoms with E-state index < -0.39 is 11.2 Å². The second kappa shape index (κ2) is 5.46. The van der Waals surface area contributed by atoms with Gasteiger partial charge in [0.15, 0.2) is 5.78 Å². The van der Waals surface area contributed by atoms with Gasteiger partial charge in [0.2, 0.25) is 0 Å². The van der Waals surface area contributed by atoms with Gasteiger partial charge in [-0.3, -0.25) is 9.59 Å². The Morgan fingerprint density at radius 2 is 1.58 bits per heavy atom. The van der Waals surface area contributed by atoms with Crippen LogP contribution < -0.4 is 0 Å². The zero-order chi connectivity index (χ0) is 14.6. The molecule has 0 N–H and O–H groups in total. The van der Waals surface area contributed by atoms with Gasteiger partial charge in [-0.1, -0.05) is 26.8 Å². The van der Waals surface area contributed by atoms with Gasteiger partial charge < -0.3 is 0 Å². The smallest absolute Gasteiger partial charge is 0.172 e. The Bertz CT molecular complexity index is 578. The third kappa shape index (κ3) is 3.26. The maximum Gasteiger partial charge on any atom is 0.172 e. The van der Waals surface area contributed by atoms with Crippen molar-refractivity contribution in [3.8, 4) is 12.1 Å².